The van der Waals surface area contributed by atoms with Gasteiger partial charge >= 0.3 is 0 Å². The van der Waals surface area contributed by atoms with E-state index in [-0.39, 0.29) is 0 Å². The van der Waals surface area contributed by atoms with Crippen molar-refractivity contribution in [1.82, 2.24) is 14.2 Å². The molecule has 0 radical (unpaired) electrons. The molecule has 1 aromatic rings. The van der Waals surface area contributed by atoms with Gasteiger partial charge < -0.3 is 9.88 Å². The van der Waals surface area contributed by atoms with Crippen molar-refractivity contribution in [2.75, 3.05) is 20.1 Å². The molecule has 0 unspecified atom stereocenters. The van der Waals surface area contributed by atoms with Crippen LogP contribution in [-0.4, -0.2) is 37.4 Å². The Hall–Kier alpha value is -1.11. The van der Waals surface area contributed by atoms with Crippen molar-refractivity contribution in [3.63, 3.8) is 0 Å². The van der Waals surface area contributed by atoms with Crippen LogP contribution in [0.3, 0.4) is 0 Å². The summed E-state index contributed by atoms with van der Waals surface area (Å²) in [7, 11) is -1.78. The fourth-order valence-electron chi connectivity index (χ4n) is 2.12. The molecular formula is C15H27N3O2S. The zero-order valence-corrected chi connectivity index (χ0v) is 14.1. The Morgan fingerprint density at radius 2 is 2.14 bits per heavy atom. The van der Waals surface area contributed by atoms with E-state index < -0.39 is 10.0 Å². The summed E-state index contributed by atoms with van der Waals surface area (Å²) in [5, 5.41) is 3.23. The van der Waals surface area contributed by atoms with Crippen LogP contribution in [-0.2, 0) is 23.1 Å². The molecular weight excluding hydrogens is 286 g/mol. The molecule has 0 spiro atoms. The zero-order valence-electron chi connectivity index (χ0n) is 13.3. The lowest BCUT2D eigenvalue weighted by Gasteiger charge is -2.15. The number of hydrogen-bond acceptors (Lipinski definition) is 3. The molecule has 0 aliphatic carbocycles. The highest BCUT2D eigenvalue weighted by Gasteiger charge is 2.22. The van der Waals surface area contributed by atoms with E-state index in [0.717, 1.165) is 31.6 Å². The van der Waals surface area contributed by atoms with Gasteiger partial charge in [-0.15, -0.1) is 6.58 Å². The van der Waals surface area contributed by atoms with Crippen molar-refractivity contribution in [3.8, 4) is 0 Å². The SMILES string of the molecule is C=CCCCN(C)S(=O)(=O)c1cc(CNCC)n(CC)c1. The second-order valence-electron chi connectivity index (χ2n) is 4.99. The standard InChI is InChI=1S/C15H27N3O2S/c1-5-8-9-10-17(4)21(19,20)15-11-14(12-16-6-2)18(7-3)13-15/h5,11,13,16H,1,6-10,12H2,2-4H3. The van der Waals surface area contributed by atoms with Gasteiger partial charge in [-0.25, -0.2) is 12.7 Å². The van der Waals surface area contributed by atoms with Crippen LogP contribution in [0.5, 0.6) is 0 Å². The number of aryl methyl sites for hydroxylation is 1. The molecule has 6 heteroatoms. The molecule has 1 heterocycles. The topological polar surface area (TPSA) is 54.3 Å². The Morgan fingerprint density at radius 3 is 2.71 bits per heavy atom. The number of aromatic nitrogens is 1. The second kappa shape index (κ2) is 8.36. The minimum Gasteiger partial charge on any atom is -0.349 e. The maximum atomic E-state index is 12.5. The first kappa shape index (κ1) is 17.9. The van der Waals surface area contributed by atoms with Gasteiger partial charge in [0.25, 0.3) is 0 Å². The summed E-state index contributed by atoms with van der Waals surface area (Å²) >= 11 is 0. The quantitative estimate of drug-likeness (QED) is 0.532. The van der Waals surface area contributed by atoms with Gasteiger partial charge in [0.1, 0.15) is 4.90 Å². The van der Waals surface area contributed by atoms with Crippen LogP contribution < -0.4 is 5.32 Å². The average molecular weight is 313 g/mol. The largest absolute Gasteiger partial charge is 0.349 e. The van der Waals surface area contributed by atoms with Crippen LogP contribution in [0.4, 0.5) is 0 Å². The van der Waals surface area contributed by atoms with Crippen molar-refractivity contribution in [3.05, 3.63) is 30.6 Å². The lowest BCUT2D eigenvalue weighted by Crippen LogP contribution is -2.27. The number of nitrogens with one attached hydrogen (secondary N) is 1. The molecule has 21 heavy (non-hydrogen) atoms. The van der Waals surface area contributed by atoms with Crippen LogP contribution in [0.1, 0.15) is 32.4 Å². The number of rotatable bonds is 10. The maximum Gasteiger partial charge on any atom is 0.244 e. The van der Waals surface area contributed by atoms with E-state index in [1.165, 1.54) is 4.31 Å². The fraction of sp³-hybridized carbons (Fsp3) is 0.600. The molecule has 0 aromatic carbocycles. The lowest BCUT2D eigenvalue weighted by molar-refractivity contribution is 0.462. The first-order chi connectivity index (χ1) is 9.97. The van der Waals surface area contributed by atoms with Gasteiger partial charge in [-0.1, -0.05) is 13.0 Å². The first-order valence-electron chi connectivity index (χ1n) is 7.44. The maximum absolute atomic E-state index is 12.5. The third-order valence-electron chi connectivity index (χ3n) is 3.45. The van der Waals surface area contributed by atoms with Crippen molar-refractivity contribution < 1.29 is 8.42 Å². The van der Waals surface area contributed by atoms with Gasteiger partial charge in [0.2, 0.25) is 10.0 Å². The molecule has 5 nitrogen and oxygen atoms in total. The molecule has 0 fully saturated rings. The van der Waals surface area contributed by atoms with E-state index in [1.54, 1.807) is 19.3 Å². The minimum atomic E-state index is -3.41. The minimum absolute atomic E-state index is 0.373. The van der Waals surface area contributed by atoms with E-state index in [2.05, 4.69) is 11.9 Å². The Kier molecular flexibility index (Phi) is 7.14. The number of sulfonamides is 1. The van der Waals surface area contributed by atoms with Gasteiger partial charge in [0.15, 0.2) is 0 Å². The highest BCUT2D eigenvalue weighted by atomic mass is 32.2. The van der Waals surface area contributed by atoms with Crippen LogP contribution in [0.25, 0.3) is 0 Å². The highest BCUT2D eigenvalue weighted by Crippen LogP contribution is 2.19. The monoisotopic (exact) mass is 313 g/mol. The highest BCUT2D eigenvalue weighted by molar-refractivity contribution is 7.89. The summed E-state index contributed by atoms with van der Waals surface area (Å²) in [5.74, 6) is 0. The summed E-state index contributed by atoms with van der Waals surface area (Å²) in [6.07, 6.45) is 5.15. The molecule has 0 bridgehead atoms. The molecule has 120 valence electrons. The van der Waals surface area contributed by atoms with Crippen molar-refractivity contribution in [1.29, 1.82) is 0 Å². The molecule has 1 N–H and O–H groups in total. The van der Waals surface area contributed by atoms with Crippen LogP contribution in [0, 0.1) is 0 Å². The summed E-state index contributed by atoms with van der Waals surface area (Å²) in [6.45, 7) is 10.5. The third-order valence-corrected chi connectivity index (χ3v) is 5.27. The van der Waals surface area contributed by atoms with E-state index >= 15 is 0 Å². The van der Waals surface area contributed by atoms with Crippen molar-refractivity contribution in [2.24, 2.45) is 0 Å². The van der Waals surface area contributed by atoms with Crippen molar-refractivity contribution >= 4 is 10.0 Å². The van der Waals surface area contributed by atoms with E-state index in [4.69, 9.17) is 0 Å². The van der Waals surface area contributed by atoms with Crippen LogP contribution in [0.15, 0.2) is 29.8 Å². The number of nitrogens with zero attached hydrogens (tertiary/aromatic N) is 2. The predicted octanol–water partition coefficient (Wildman–Crippen LogP) is 2.20. The number of hydrogen-bond donors (Lipinski definition) is 1. The summed E-state index contributed by atoms with van der Waals surface area (Å²) in [6, 6.07) is 1.77. The number of unbranched alkanes of at least 4 members (excludes halogenated alkanes) is 1. The van der Waals surface area contributed by atoms with Gasteiger partial charge in [-0.05, 0) is 32.4 Å². The normalized spacial score (nSPS) is 12.0. The smallest absolute Gasteiger partial charge is 0.244 e. The van der Waals surface area contributed by atoms with Gasteiger partial charge in [-0.2, -0.15) is 0 Å². The van der Waals surface area contributed by atoms with Crippen LogP contribution >= 0.6 is 0 Å². The van der Waals surface area contributed by atoms with E-state index in [0.29, 0.717) is 18.0 Å². The van der Waals surface area contributed by atoms with Gasteiger partial charge in [0, 0.05) is 38.6 Å². The summed E-state index contributed by atoms with van der Waals surface area (Å²) in [5.41, 5.74) is 0.998. The summed E-state index contributed by atoms with van der Waals surface area (Å²) in [4.78, 5) is 0.373. The van der Waals surface area contributed by atoms with Gasteiger partial charge in [-0.3, -0.25) is 0 Å². The predicted molar refractivity (Wildman–Crippen MR) is 86.7 cm³/mol. The molecule has 0 aliphatic heterocycles. The van der Waals surface area contributed by atoms with Crippen LogP contribution in [0.2, 0.25) is 0 Å². The Balaban J connectivity index is 2.91. The third kappa shape index (κ3) is 4.69. The molecule has 0 aliphatic rings. The molecule has 0 saturated carbocycles. The summed E-state index contributed by atoms with van der Waals surface area (Å²) < 4.78 is 28.5. The lowest BCUT2D eigenvalue weighted by atomic mass is 10.3. The Morgan fingerprint density at radius 1 is 1.43 bits per heavy atom. The van der Waals surface area contributed by atoms with Crippen molar-refractivity contribution in [2.45, 2.75) is 44.7 Å². The molecule has 0 saturated heterocycles. The van der Waals surface area contributed by atoms with E-state index in [1.807, 2.05) is 24.5 Å². The van der Waals surface area contributed by atoms with Gasteiger partial charge in [0.05, 0.1) is 0 Å². The molecule has 1 rings (SSSR count). The molecule has 0 amide bonds. The Bertz CT molecular complexity index is 549. The fourth-order valence-corrected chi connectivity index (χ4v) is 3.40. The number of allylic oxidation sites excluding steroid dienone is 1. The Labute approximate surface area is 128 Å². The second-order valence-corrected chi connectivity index (χ2v) is 7.04. The molecule has 0 atom stereocenters. The zero-order chi connectivity index (χ0) is 15.9. The van der Waals surface area contributed by atoms with E-state index in [9.17, 15) is 8.42 Å². The first-order valence-corrected chi connectivity index (χ1v) is 8.88. The average Bonchev–Trinajstić information content (AvgIpc) is 2.89. The molecule has 1 aromatic heterocycles.